The van der Waals surface area contributed by atoms with Gasteiger partial charge in [-0.2, -0.15) is 10.2 Å². The maximum Gasteiger partial charge on any atom is 0.123 e. The maximum absolute atomic E-state index is 13.5. The Kier molecular flexibility index (Phi) is 5.81. The molecule has 0 saturated heterocycles. The van der Waals surface area contributed by atoms with Crippen molar-refractivity contribution in [2.75, 3.05) is 7.05 Å². The number of aliphatic hydroxyl groups excluding tert-OH is 1. The van der Waals surface area contributed by atoms with Crippen molar-refractivity contribution in [1.82, 2.24) is 15.2 Å². The number of rotatable bonds is 7. The van der Waals surface area contributed by atoms with Gasteiger partial charge in [0.05, 0.1) is 23.7 Å². The Labute approximate surface area is 140 Å². The molecule has 0 fully saturated rings. The van der Waals surface area contributed by atoms with Gasteiger partial charge in [0.2, 0.25) is 0 Å². The minimum absolute atomic E-state index is 0.143. The Morgan fingerprint density at radius 3 is 2.83 bits per heavy atom. The molecule has 0 amide bonds. The molecule has 6 nitrogen and oxygen atoms in total. The first-order valence-corrected chi connectivity index (χ1v) is 7.77. The molecule has 7 heteroatoms. The van der Waals surface area contributed by atoms with E-state index in [0.717, 1.165) is 12.1 Å². The monoisotopic (exact) mass is 331 g/mol. The average molecular weight is 331 g/mol. The highest BCUT2D eigenvalue weighted by atomic mass is 19.1. The van der Waals surface area contributed by atoms with Crippen molar-refractivity contribution in [2.45, 2.75) is 32.9 Å². The van der Waals surface area contributed by atoms with Gasteiger partial charge in [-0.1, -0.05) is 0 Å². The van der Waals surface area contributed by atoms with Crippen LogP contribution in [0.5, 0.6) is 0 Å². The summed E-state index contributed by atoms with van der Waals surface area (Å²) in [6.45, 7) is 4.31. The molecule has 0 aliphatic carbocycles. The Balaban J connectivity index is 2.34. The van der Waals surface area contributed by atoms with E-state index in [0.29, 0.717) is 23.3 Å². The van der Waals surface area contributed by atoms with Gasteiger partial charge in [0.15, 0.2) is 0 Å². The topological polar surface area (TPSA) is 86.3 Å². The molecule has 3 N–H and O–H groups in total. The minimum Gasteiger partial charge on any atom is -0.389 e. The second kappa shape index (κ2) is 7.83. The quantitative estimate of drug-likeness (QED) is 0.537. The number of aryl methyl sites for hydroxylation is 1. The van der Waals surface area contributed by atoms with E-state index in [2.05, 4.69) is 15.6 Å². The molecule has 2 rings (SSSR count). The predicted molar refractivity (Wildman–Crippen MR) is 92.0 cm³/mol. The fourth-order valence-electron chi connectivity index (χ4n) is 2.45. The summed E-state index contributed by atoms with van der Waals surface area (Å²) in [5, 5.41) is 26.7. The molecule has 1 aromatic heterocycles. The first kappa shape index (κ1) is 17.8. The molecule has 128 valence electrons. The molecule has 0 radical (unpaired) electrons. The van der Waals surface area contributed by atoms with Gasteiger partial charge in [0, 0.05) is 31.8 Å². The number of aromatic nitrogens is 2. The summed E-state index contributed by atoms with van der Waals surface area (Å²) in [7, 11) is 1.66. The van der Waals surface area contributed by atoms with Crippen molar-refractivity contribution in [1.29, 1.82) is 5.41 Å². The third-order valence-electron chi connectivity index (χ3n) is 3.65. The van der Waals surface area contributed by atoms with Crippen LogP contribution < -0.4 is 5.43 Å². The summed E-state index contributed by atoms with van der Waals surface area (Å²) in [6.07, 6.45) is 3.17. The molecule has 1 atom stereocenters. The highest BCUT2D eigenvalue weighted by Crippen LogP contribution is 2.20. The number of hydrazone groups is 1. The first-order chi connectivity index (χ1) is 11.5. The van der Waals surface area contributed by atoms with Crippen LogP contribution in [-0.4, -0.2) is 33.4 Å². The van der Waals surface area contributed by atoms with Gasteiger partial charge in [0.25, 0.3) is 0 Å². The van der Waals surface area contributed by atoms with Crippen LogP contribution in [0.2, 0.25) is 0 Å². The number of nitrogens with one attached hydrogen (secondary N) is 2. The predicted octanol–water partition coefficient (Wildman–Crippen LogP) is 2.28. The lowest BCUT2D eigenvalue weighted by molar-refractivity contribution is 0.198. The zero-order valence-corrected chi connectivity index (χ0v) is 14.0. The van der Waals surface area contributed by atoms with Gasteiger partial charge in [0.1, 0.15) is 5.82 Å². The Morgan fingerprint density at radius 1 is 1.50 bits per heavy atom. The zero-order valence-electron chi connectivity index (χ0n) is 14.0. The SMILES string of the molecule is CCn1cc(C/C(=N/NC)C(=N)c2ccc(F)cc2C(C)O)cn1. The number of aliphatic hydroxyl groups is 1. The average Bonchev–Trinajstić information content (AvgIpc) is 3.01. The van der Waals surface area contributed by atoms with Crippen LogP contribution in [0.1, 0.15) is 36.6 Å². The molecule has 0 aliphatic heterocycles. The number of hydrogen-bond donors (Lipinski definition) is 3. The van der Waals surface area contributed by atoms with Crippen LogP contribution in [0.15, 0.2) is 35.7 Å². The van der Waals surface area contributed by atoms with Gasteiger partial charge in [-0.3, -0.25) is 10.1 Å². The van der Waals surface area contributed by atoms with Crippen LogP contribution in [0.4, 0.5) is 4.39 Å². The molecule has 1 heterocycles. The van der Waals surface area contributed by atoms with Crippen molar-refractivity contribution in [3.8, 4) is 0 Å². The van der Waals surface area contributed by atoms with E-state index in [-0.39, 0.29) is 5.71 Å². The van der Waals surface area contributed by atoms with Gasteiger partial charge in [-0.05, 0) is 43.2 Å². The van der Waals surface area contributed by atoms with E-state index in [1.165, 1.54) is 18.2 Å². The lowest BCUT2D eigenvalue weighted by Crippen LogP contribution is -2.22. The van der Waals surface area contributed by atoms with E-state index in [1.54, 1.807) is 24.9 Å². The molecule has 24 heavy (non-hydrogen) atoms. The van der Waals surface area contributed by atoms with Crippen molar-refractivity contribution in [2.24, 2.45) is 5.10 Å². The lowest BCUT2D eigenvalue weighted by Gasteiger charge is -2.14. The summed E-state index contributed by atoms with van der Waals surface area (Å²) >= 11 is 0. The van der Waals surface area contributed by atoms with Crippen molar-refractivity contribution in [3.63, 3.8) is 0 Å². The Bertz CT molecular complexity index is 751. The highest BCUT2D eigenvalue weighted by Gasteiger charge is 2.18. The number of halogens is 1. The number of hydrogen-bond acceptors (Lipinski definition) is 5. The molecule has 1 unspecified atom stereocenters. The number of benzene rings is 1. The van der Waals surface area contributed by atoms with E-state index < -0.39 is 11.9 Å². The van der Waals surface area contributed by atoms with Crippen LogP contribution in [0, 0.1) is 11.2 Å². The van der Waals surface area contributed by atoms with E-state index in [4.69, 9.17) is 5.41 Å². The molecular formula is C17H22FN5O. The summed E-state index contributed by atoms with van der Waals surface area (Å²) in [4.78, 5) is 0. The summed E-state index contributed by atoms with van der Waals surface area (Å²) in [5.41, 5.74) is 5.09. The van der Waals surface area contributed by atoms with Crippen molar-refractivity contribution >= 4 is 11.4 Å². The molecular weight excluding hydrogens is 309 g/mol. The van der Waals surface area contributed by atoms with E-state index in [1.807, 2.05) is 13.1 Å². The van der Waals surface area contributed by atoms with Gasteiger partial charge in [-0.15, -0.1) is 0 Å². The van der Waals surface area contributed by atoms with E-state index >= 15 is 0 Å². The van der Waals surface area contributed by atoms with Crippen molar-refractivity contribution in [3.05, 3.63) is 53.1 Å². The second-order valence-electron chi connectivity index (χ2n) is 5.45. The molecule has 2 aromatic rings. The van der Waals surface area contributed by atoms with Gasteiger partial charge >= 0.3 is 0 Å². The lowest BCUT2D eigenvalue weighted by atomic mass is 9.94. The van der Waals surface area contributed by atoms with Crippen LogP contribution in [-0.2, 0) is 13.0 Å². The van der Waals surface area contributed by atoms with Gasteiger partial charge in [-0.25, -0.2) is 4.39 Å². The smallest absolute Gasteiger partial charge is 0.123 e. The largest absolute Gasteiger partial charge is 0.389 e. The summed E-state index contributed by atoms with van der Waals surface area (Å²) in [6, 6.07) is 4.03. The highest BCUT2D eigenvalue weighted by molar-refractivity contribution is 6.47. The maximum atomic E-state index is 13.5. The van der Waals surface area contributed by atoms with Crippen molar-refractivity contribution < 1.29 is 9.50 Å². The normalized spacial score (nSPS) is 13.0. The van der Waals surface area contributed by atoms with Crippen LogP contribution in [0.3, 0.4) is 0 Å². The van der Waals surface area contributed by atoms with E-state index in [9.17, 15) is 9.50 Å². The Hall–Kier alpha value is -2.54. The zero-order chi connectivity index (χ0) is 17.7. The second-order valence-corrected chi connectivity index (χ2v) is 5.45. The van der Waals surface area contributed by atoms with Crippen LogP contribution >= 0.6 is 0 Å². The molecule has 1 aromatic carbocycles. The number of nitrogens with zero attached hydrogens (tertiary/aromatic N) is 3. The third-order valence-corrected chi connectivity index (χ3v) is 3.65. The molecule has 0 aliphatic rings. The Morgan fingerprint density at radius 2 is 2.25 bits per heavy atom. The molecule has 0 bridgehead atoms. The summed E-state index contributed by atoms with van der Waals surface area (Å²) < 4.78 is 15.3. The third kappa shape index (κ3) is 4.05. The van der Waals surface area contributed by atoms with Crippen LogP contribution in [0.25, 0.3) is 0 Å². The fraction of sp³-hybridized carbons (Fsp3) is 0.353. The minimum atomic E-state index is -0.880. The standard InChI is InChI=1S/C17H22FN5O/c1-4-23-10-12(9-21-23)7-16(22-20-3)17(19)14-6-5-13(18)8-15(14)11(2)24/h5-6,8-11,19-20,24H,4,7H2,1-3H3/b19-17?,22-16-. The van der Waals surface area contributed by atoms with Gasteiger partial charge < -0.3 is 10.5 Å². The first-order valence-electron chi connectivity index (χ1n) is 7.77. The summed E-state index contributed by atoms with van der Waals surface area (Å²) in [5.74, 6) is -0.446. The molecule has 0 saturated carbocycles. The fourth-order valence-corrected chi connectivity index (χ4v) is 2.45. The molecule has 0 spiro atoms.